The Bertz CT molecular complexity index is 265. The van der Waals surface area contributed by atoms with Crippen LogP contribution in [-0.2, 0) is 6.42 Å². The molecule has 0 N–H and O–H groups in total. The smallest absolute Gasteiger partial charge is 0.123 e. The number of alkyl halides is 1. The van der Waals surface area contributed by atoms with Gasteiger partial charge in [0, 0.05) is 6.54 Å². The molecule has 0 atom stereocenters. The summed E-state index contributed by atoms with van der Waals surface area (Å²) in [5.74, 6) is -0.154. The van der Waals surface area contributed by atoms with Crippen LogP contribution < -0.4 is 0 Å². The maximum atomic E-state index is 12.8. The summed E-state index contributed by atoms with van der Waals surface area (Å²) < 4.78 is 12.8. The molecule has 0 amide bonds. The molecule has 0 unspecified atom stereocenters. The first-order chi connectivity index (χ1) is 6.22. The van der Waals surface area contributed by atoms with Gasteiger partial charge in [0.1, 0.15) is 5.82 Å². The van der Waals surface area contributed by atoms with Gasteiger partial charge in [-0.2, -0.15) is 0 Å². The fraction of sp³-hybridized carbons (Fsp3) is 0.400. The number of benzene rings is 1. The molecule has 1 aromatic carbocycles. The summed E-state index contributed by atoms with van der Waals surface area (Å²) in [5.41, 5.74) is 1.90. The molecule has 0 radical (unpaired) electrons. The monoisotopic (exact) mass is 245 g/mol. The molecule has 1 rings (SSSR count). The summed E-state index contributed by atoms with van der Waals surface area (Å²) >= 11 is 3.35. The Morgan fingerprint density at radius 2 is 2.23 bits per heavy atom. The van der Waals surface area contributed by atoms with Crippen molar-refractivity contribution in [2.45, 2.75) is 6.42 Å². The number of nitrogens with zero attached hydrogens (tertiary/aromatic N) is 1. The van der Waals surface area contributed by atoms with E-state index in [1.54, 1.807) is 12.1 Å². The lowest BCUT2D eigenvalue weighted by molar-refractivity contribution is 0.401. The standard InChI is InChI=1S/C10H13BrFN/c1-13(8-11)6-5-9-3-2-4-10(12)7-9/h2-4,7H,5-6,8H2,1H3. The molecule has 0 heterocycles. The third-order valence-corrected chi connectivity index (χ3v) is 2.73. The van der Waals surface area contributed by atoms with Crippen LogP contribution in [0.1, 0.15) is 5.56 Å². The minimum atomic E-state index is -0.154. The summed E-state index contributed by atoms with van der Waals surface area (Å²) in [6, 6.07) is 6.75. The van der Waals surface area contributed by atoms with Gasteiger partial charge >= 0.3 is 0 Å². The minimum Gasteiger partial charge on any atom is -0.296 e. The number of rotatable bonds is 4. The largest absolute Gasteiger partial charge is 0.296 e. The second-order valence-electron chi connectivity index (χ2n) is 3.08. The lowest BCUT2D eigenvalue weighted by Crippen LogP contribution is -2.18. The van der Waals surface area contributed by atoms with Crippen LogP contribution in [0.25, 0.3) is 0 Å². The van der Waals surface area contributed by atoms with E-state index in [9.17, 15) is 4.39 Å². The average Bonchev–Trinajstić information content (AvgIpc) is 2.14. The summed E-state index contributed by atoms with van der Waals surface area (Å²) in [5, 5.41) is 0. The van der Waals surface area contributed by atoms with Crippen molar-refractivity contribution in [2.75, 3.05) is 19.0 Å². The third-order valence-electron chi connectivity index (χ3n) is 1.88. The number of halogens is 2. The van der Waals surface area contributed by atoms with Gasteiger partial charge in [0.05, 0.1) is 5.45 Å². The van der Waals surface area contributed by atoms with Crippen LogP contribution in [-0.4, -0.2) is 23.9 Å². The first-order valence-corrected chi connectivity index (χ1v) is 5.33. The first kappa shape index (κ1) is 10.7. The van der Waals surface area contributed by atoms with Crippen molar-refractivity contribution in [2.24, 2.45) is 0 Å². The van der Waals surface area contributed by atoms with E-state index >= 15 is 0 Å². The molecule has 13 heavy (non-hydrogen) atoms. The molecule has 0 bridgehead atoms. The maximum Gasteiger partial charge on any atom is 0.123 e. The van der Waals surface area contributed by atoms with E-state index in [1.807, 2.05) is 13.1 Å². The molecule has 1 aromatic rings. The quantitative estimate of drug-likeness (QED) is 0.583. The van der Waals surface area contributed by atoms with E-state index in [0.29, 0.717) is 0 Å². The second kappa shape index (κ2) is 5.35. The average molecular weight is 246 g/mol. The summed E-state index contributed by atoms with van der Waals surface area (Å²) in [6.07, 6.45) is 0.889. The van der Waals surface area contributed by atoms with Gasteiger partial charge in [-0.3, -0.25) is 4.90 Å². The first-order valence-electron chi connectivity index (χ1n) is 4.21. The van der Waals surface area contributed by atoms with Crippen molar-refractivity contribution in [1.82, 2.24) is 4.90 Å². The Kier molecular flexibility index (Phi) is 4.39. The van der Waals surface area contributed by atoms with Crippen molar-refractivity contribution < 1.29 is 4.39 Å². The van der Waals surface area contributed by atoms with Gasteiger partial charge in [0.2, 0.25) is 0 Å². The van der Waals surface area contributed by atoms with Gasteiger partial charge < -0.3 is 0 Å². The minimum absolute atomic E-state index is 0.154. The lowest BCUT2D eigenvalue weighted by atomic mass is 10.1. The van der Waals surface area contributed by atoms with Gasteiger partial charge in [-0.1, -0.05) is 28.1 Å². The third kappa shape index (κ3) is 3.87. The van der Waals surface area contributed by atoms with Crippen molar-refractivity contribution in [3.8, 4) is 0 Å². The fourth-order valence-electron chi connectivity index (χ4n) is 1.07. The molecule has 0 aliphatic heterocycles. The molecule has 0 aliphatic carbocycles. The molecule has 0 saturated carbocycles. The van der Waals surface area contributed by atoms with E-state index in [4.69, 9.17) is 0 Å². The Morgan fingerprint density at radius 1 is 1.46 bits per heavy atom. The van der Waals surface area contributed by atoms with Crippen molar-refractivity contribution in [3.05, 3.63) is 35.6 Å². The molecule has 0 spiro atoms. The molecule has 1 nitrogen and oxygen atoms in total. The van der Waals surface area contributed by atoms with Crippen LogP contribution in [0.3, 0.4) is 0 Å². The van der Waals surface area contributed by atoms with Gasteiger partial charge in [-0.15, -0.1) is 0 Å². The van der Waals surface area contributed by atoms with Crippen LogP contribution in [0.5, 0.6) is 0 Å². The molecule has 0 aliphatic rings. The molecule has 0 saturated heterocycles. The summed E-state index contributed by atoms with van der Waals surface area (Å²) in [6.45, 7) is 0.939. The zero-order valence-electron chi connectivity index (χ0n) is 7.63. The Labute approximate surface area is 86.7 Å². The Hall–Kier alpha value is -0.410. The zero-order chi connectivity index (χ0) is 9.68. The predicted molar refractivity (Wildman–Crippen MR) is 56.5 cm³/mol. The number of likely N-dealkylation sites (N-methyl/N-ethyl adjacent to an activating group) is 1. The van der Waals surface area contributed by atoms with Gasteiger partial charge in [-0.05, 0) is 31.2 Å². The zero-order valence-corrected chi connectivity index (χ0v) is 9.22. The van der Waals surface area contributed by atoms with Gasteiger partial charge in [0.15, 0.2) is 0 Å². The van der Waals surface area contributed by atoms with Gasteiger partial charge in [-0.25, -0.2) is 4.39 Å². The molecule has 0 fully saturated rings. The van der Waals surface area contributed by atoms with Crippen molar-refractivity contribution >= 4 is 15.9 Å². The molecular weight excluding hydrogens is 233 g/mol. The number of hydrogen-bond donors (Lipinski definition) is 0. The van der Waals surface area contributed by atoms with E-state index in [1.165, 1.54) is 6.07 Å². The summed E-state index contributed by atoms with van der Waals surface area (Å²) in [4.78, 5) is 2.13. The van der Waals surface area contributed by atoms with Crippen LogP contribution in [0, 0.1) is 5.82 Å². The van der Waals surface area contributed by atoms with E-state index in [0.717, 1.165) is 24.0 Å². The highest BCUT2D eigenvalue weighted by atomic mass is 79.9. The highest BCUT2D eigenvalue weighted by Crippen LogP contribution is 2.04. The lowest BCUT2D eigenvalue weighted by Gasteiger charge is -2.12. The summed E-state index contributed by atoms with van der Waals surface area (Å²) in [7, 11) is 2.02. The van der Waals surface area contributed by atoms with Crippen LogP contribution in [0.4, 0.5) is 4.39 Å². The molecular formula is C10H13BrFN. The highest BCUT2D eigenvalue weighted by Gasteiger charge is 1.98. The maximum absolute atomic E-state index is 12.8. The van der Waals surface area contributed by atoms with E-state index < -0.39 is 0 Å². The second-order valence-corrected chi connectivity index (χ2v) is 3.58. The van der Waals surface area contributed by atoms with Crippen LogP contribution in [0.15, 0.2) is 24.3 Å². The van der Waals surface area contributed by atoms with Gasteiger partial charge in [0.25, 0.3) is 0 Å². The number of hydrogen-bond acceptors (Lipinski definition) is 1. The molecule has 0 aromatic heterocycles. The van der Waals surface area contributed by atoms with E-state index in [2.05, 4.69) is 20.8 Å². The van der Waals surface area contributed by atoms with Crippen LogP contribution in [0.2, 0.25) is 0 Å². The Balaban J connectivity index is 2.45. The SMILES string of the molecule is CN(CBr)CCc1cccc(F)c1. The van der Waals surface area contributed by atoms with Crippen molar-refractivity contribution in [3.63, 3.8) is 0 Å². The van der Waals surface area contributed by atoms with E-state index in [-0.39, 0.29) is 5.82 Å². The highest BCUT2D eigenvalue weighted by molar-refractivity contribution is 9.09. The normalized spacial score (nSPS) is 10.8. The molecule has 72 valence electrons. The van der Waals surface area contributed by atoms with Crippen molar-refractivity contribution in [1.29, 1.82) is 0 Å². The fourth-order valence-corrected chi connectivity index (χ4v) is 1.32. The molecule has 3 heteroatoms. The Morgan fingerprint density at radius 3 is 2.85 bits per heavy atom. The topological polar surface area (TPSA) is 3.24 Å². The van der Waals surface area contributed by atoms with Crippen LogP contribution >= 0.6 is 15.9 Å². The predicted octanol–water partition coefficient (Wildman–Crippen LogP) is 2.65.